The van der Waals surface area contributed by atoms with Gasteiger partial charge in [0.25, 0.3) is 5.91 Å². The molecule has 0 spiro atoms. The Labute approximate surface area is 169 Å². The Morgan fingerprint density at radius 2 is 2.14 bits per heavy atom. The molecule has 0 radical (unpaired) electrons. The summed E-state index contributed by atoms with van der Waals surface area (Å²) in [4.78, 5) is 28.9. The predicted octanol–water partition coefficient (Wildman–Crippen LogP) is 0.994. The molecular weight excluding hydrogens is 377 g/mol. The zero-order valence-electron chi connectivity index (χ0n) is 16.7. The van der Waals surface area contributed by atoms with Crippen molar-refractivity contribution in [1.82, 2.24) is 24.9 Å². The summed E-state index contributed by atoms with van der Waals surface area (Å²) in [5, 5.41) is 7.08. The molecule has 9 heteroatoms. The van der Waals surface area contributed by atoms with E-state index in [0.29, 0.717) is 37.6 Å². The molecule has 1 aliphatic rings. The van der Waals surface area contributed by atoms with Crippen LogP contribution >= 0.6 is 0 Å². The molecular formula is C20H26FN5O3. The molecule has 1 N–H and O–H groups in total. The third kappa shape index (κ3) is 5.32. The molecule has 1 atom stereocenters. The first-order chi connectivity index (χ1) is 14.0. The van der Waals surface area contributed by atoms with Gasteiger partial charge in [-0.1, -0.05) is 6.07 Å². The second-order valence-corrected chi connectivity index (χ2v) is 6.90. The first-order valence-electron chi connectivity index (χ1n) is 9.67. The number of piperazine rings is 1. The molecule has 2 amide bonds. The van der Waals surface area contributed by atoms with Crippen molar-refractivity contribution >= 4 is 11.8 Å². The number of nitrogens with one attached hydrogen (secondary N) is 1. The molecule has 0 saturated carbocycles. The highest BCUT2D eigenvalue weighted by molar-refractivity contribution is 5.93. The van der Waals surface area contributed by atoms with Gasteiger partial charge in [-0.3, -0.25) is 19.2 Å². The second-order valence-electron chi connectivity index (χ2n) is 6.90. The summed E-state index contributed by atoms with van der Waals surface area (Å²) in [7, 11) is 1.86. The van der Waals surface area contributed by atoms with Crippen LogP contribution < -0.4 is 10.1 Å². The molecule has 0 aliphatic carbocycles. The Balaban J connectivity index is 1.50. The lowest BCUT2D eigenvalue weighted by atomic mass is 10.1. The number of hydrogen-bond acceptors (Lipinski definition) is 5. The third-order valence-corrected chi connectivity index (χ3v) is 4.89. The summed E-state index contributed by atoms with van der Waals surface area (Å²) >= 11 is 0. The van der Waals surface area contributed by atoms with Gasteiger partial charge in [-0.2, -0.15) is 5.10 Å². The average molecular weight is 403 g/mol. The summed E-state index contributed by atoms with van der Waals surface area (Å²) in [6.07, 6.45) is 1.77. The first-order valence-corrected chi connectivity index (χ1v) is 9.67. The standard InChI is InChI=1S/C20H26FN5O3/c1-3-26-9-7-17(23-26)20(28)25-11-10-24(2)18(14-25)19(27)22-8-12-29-16-6-4-5-15(21)13-16/h4-7,9,13,18H,3,8,10-12,14H2,1-2H3,(H,22,27). The number of rotatable bonds is 7. The van der Waals surface area contributed by atoms with E-state index < -0.39 is 6.04 Å². The normalized spacial score (nSPS) is 17.2. The van der Waals surface area contributed by atoms with Crippen molar-refractivity contribution in [2.24, 2.45) is 0 Å². The van der Waals surface area contributed by atoms with E-state index >= 15 is 0 Å². The molecule has 1 aliphatic heterocycles. The first kappa shape index (κ1) is 20.8. The fourth-order valence-electron chi connectivity index (χ4n) is 3.17. The van der Waals surface area contributed by atoms with Crippen LogP contribution in [-0.2, 0) is 11.3 Å². The van der Waals surface area contributed by atoms with Gasteiger partial charge in [0.2, 0.25) is 5.91 Å². The lowest BCUT2D eigenvalue weighted by molar-refractivity contribution is -0.127. The number of ether oxygens (including phenoxy) is 1. The van der Waals surface area contributed by atoms with Gasteiger partial charge in [-0.05, 0) is 32.2 Å². The highest BCUT2D eigenvalue weighted by atomic mass is 19.1. The number of aryl methyl sites for hydroxylation is 1. The van der Waals surface area contributed by atoms with Crippen LogP contribution in [0.5, 0.6) is 5.75 Å². The van der Waals surface area contributed by atoms with Crippen molar-refractivity contribution in [3.63, 3.8) is 0 Å². The monoisotopic (exact) mass is 403 g/mol. The van der Waals surface area contributed by atoms with E-state index in [1.807, 2.05) is 18.9 Å². The zero-order chi connectivity index (χ0) is 20.8. The van der Waals surface area contributed by atoms with Crippen LogP contribution in [0.3, 0.4) is 0 Å². The Kier molecular flexibility index (Phi) is 6.82. The molecule has 1 unspecified atom stereocenters. The minimum Gasteiger partial charge on any atom is -0.492 e. The van der Waals surface area contributed by atoms with E-state index in [0.717, 1.165) is 0 Å². The number of benzene rings is 1. The van der Waals surface area contributed by atoms with E-state index in [9.17, 15) is 14.0 Å². The number of carbonyl (C=O) groups excluding carboxylic acids is 2. The van der Waals surface area contributed by atoms with Gasteiger partial charge in [-0.25, -0.2) is 4.39 Å². The fourth-order valence-corrected chi connectivity index (χ4v) is 3.17. The minimum absolute atomic E-state index is 0.169. The van der Waals surface area contributed by atoms with Crippen LogP contribution in [0.15, 0.2) is 36.5 Å². The largest absolute Gasteiger partial charge is 0.492 e. The molecule has 1 saturated heterocycles. The number of hydrogen-bond donors (Lipinski definition) is 1. The van der Waals surface area contributed by atoms with Crippen molar-refractivity contribution in [1.29, 1.82) is 0 Å². The smallest absolute Gasteiger partial charge is 0.274 e. The number of aromatic nitrogens is 2. The van der Waals surface area contributed by atoms with E-state index in [1.54, 1.807) is 34.0 Å². The Morgan fingerprint density at radius 3 is 2.86 bits per heavy atom. The van der Waals surface area contributed by atoms with Crippen molar-refractivity contribution in [2.45, 2.75) is 19.5 Å². The molecule has 2 heterocycles. The maximum absolute atomic E-state index is 13.1. The van der Waals surface area contributed by atoms with E-state index in [4.69, 9.17) is 4.74 Å². The van der Waals surface area contributed by atoms with Crippen LogP contribution in [0, 0.1) is 5.82 Å². The Bertz CT molecular complexity index is 856. The molecule has 156 valence electrons. The highest BCUT2D eigenvalue weighted by Gasteiger charge is 2.33. The predicted molar refractivity (Wildman–Crippen MR) is 105 cm³/mol. The van der Waals surface area contributed by atoms with Crippen molar-refractivity contribution < 1.29 is 18.7 Å². The summed E-state index contributed by atoms with van der Waals surface area (Å²) in [6.45, 7) is 4.59. The van der Waals surface area contributed by atoms with Gasteiger partial charge in [0.1, 0.15) is 29.9 Å². The van der Waals surface area contributed by atoms with Crippen LogP contribution in [0.2, 0.25) is 0 Å². The van der Waals surface area contributed by atoms with E-state index in [-0.39, 0.29) is 30.8 Å². The molecule has 8 nitrogen and oxygen atoms in total. The molecule has 0 bridgehead atoms. The van der Waals surface area contributed by atoms with Crippen LogP contribution in [0.4, 0.5) is 4.39 Å². The lowest BCUT2D eigenvalue weighted by Gasteiger charge is -2.38. The molecule has 1 fully saturated rings. The molecule has 1 aromatic heterocycles. The van der Waals surface area contributed by atoms with Crippen molar-refractivity contribution in [2.75, 3.05) is 39.8 Å². The number of likely N-dealkylation sites (N-methyl/N-ethyl adjacent to an activating group) is 1. The van der Waals surface area contributed by atoms with Gasteiger partial charge in [-0.15, -0.1) is 0 Å². The number of nitrogens with zero attached hydrogens (tertiary/aromatic N) is 4. The molecule has 2 aromatic rings. The Morgan fingerprint density at radius 1 is 1.31 bits per heavy atom. The SMILES string of the molecule is CCn1ccc(C(=O)N2CCN(C)C(C(=O)NCCOc3cccc(F)c3)C2)n1. The Hall–Kier alpha value is -2.94. The molecule has 3 rings (SSSR count). The van der Waals surface area contributed by atoms with Crippen LogP contribution in [-0.4, -0.2) is 77.3 Å². The highest BCUT2D eigenvalue weighted by Crippen LogP contribution is 2.13. The fraction of sp³-hybridized carbons (Fsp3) is 0.450. The van der Waals surface area contributed by atoms with Gasteiger partial charge in [0, 0.05) is 38.4 Å². The summed E-state index contributed by atoms with van der Waals surface area (Å²) in [6, 6.07) is 7.10. The summed E-state index contributed by atoms with van der Waals surface area (Å²) in [5.41, 5.74) is 0.388. The maximum atomic E-state index is 13.1. The topological polar surface area (TPSA) is 79.7 Å². The van der Waals surface area contributed by atoms with Gasteiger partial charge in [0.15, 0.2) is 0 Å². The summed E-state index contributed by atoms with van der Waals surface area (Å²) < 4.78 is 20.3. The third-order valence-electron chi connectivity index (χ3n) is 4.89. The number of carbonyl (C=O) groups is 2. The quantitative estimate of drug-likeness (QED) is 0.698. The maximum Gasteiger partial charge on any atom is 0.274 e. The number of amides is 2. The molecule has 1 aromatic carbocycles. The summed E-state index contributed by atoms with van der Waals surface area (Å²) in [5.74, 6) is -0.300. The van der Waals surface area contributed by atoms with Crippen LogP contribution in [0.1, 0.15) is 17.4 Å². The zero-order valence-corrected chi connectivity index (χ0v) is 16.7. The average Bonchev–Trinajstić information content (AvgIpc) is 3.20. The molecule has 29 heavy (non-hydrogen) atoms. The lowest BCUT2D eigenvalue weighted by Crippen LogP contribution is -2.59. The number of halogens is 1. The van der Waals surface area contributed by atoms with Crippen LogP contribution in [0.25, 0.3) is 0 Å². The van der Waals surface area contributed by atoms with Gasteiger partial charge in [0.05, 0.1) is 6.54 Å². The van der Waals surface area contributed by atoms with Crippen molar-refractivity contribution in [3.8, 4) is 5.75 Å². The second kappa shape index (κ2) is 9.51. The van der Waals surface area contributed by atoms with E-state index in [1.165, 1.54) is 12.1 Å². The van der Waals surface area contributed by atoms with Crippen molar-refractivity contribution in [3.05, 3.63) is 48.0 Å². The van der Waals surface area contributed by atoms with Gasteiger partial charge >= 0.3 is 0 Å². The van der Waals surface area contributed by atoms with E-state index in [2.05, 4.69) is 10.4 Å². The minimum atomic E-state index is -0.449. The van der Waals surface area contributed by atoms with Gasteiger partial charge < -0.3 is 15.0 Å².